The Hall–Kier alpha value is -1.06. The number of ether oxygens (including phenoxy) is 1. The number of hydrogen-bond acceptors (Lipinski definition) is 3. The van der Waals surface area contributed by atoms with Crippen LogP contribution in [-0.4, -0.2) is 37.7 Å². The largest absolute Gasteiger partial charge is 0.492 e. The van der Waals surface area contributed by atoms with E-state index in [-0.39, 0.29) is 0 Å². The summed E-state index contributed by atoms with van der Waals surface area (Å²) in [7, 11) is 2.23. The second-order valence-electron chi connectivity index (χ2n) is 6.05. The van der Waals surface area contributed by atoms with Crippen LogP contribution in [0.3, 0.4) is 0 Å². The molecule has 1 N–H and O–H groups in total. The summed E-state index contributed by atoms with van der Waals surface area (Å²) in [6.45, 7) is 5.86. The molecule has 0 amide bonds. The Morgan fingerprint density at radius 1 is 1.14 bits per heavy atom. The standard InChI is InChI=1S/C18H30N2O/c1-3-19-15-16-9-11-18(12-10-16)21-14-13-20(2)17-7-5-4-6-8-17/h9-12,17,19H,3-8,13-15H2,1-2H3. The molecule has 0 unspecified atom stereocenters. The van der Waals surface area contributed by atoms with E-state index in [0.29, 0.717) is 0 Å². The Balaban J connectivity index is 1.67. The summed E-state index contributed by atoms with van der Waals surface area (Å²) >= 11 is 0. The second kappa shape index (κ2) is 9.06. The first kappa shape index (κ1) is 16.3. The van der Waals surface area contributed by atoms with Crippen molar-refractivity contribution in [3.8, 4) is 5.75 Å². The molecule has 3 heteroatoms. The van der Waals surface area contributed by atoms with Gasteiger partial charge < -0.3 is 15.0 Å². The number of hydrogen-bond donors (Lipinski definition) is 1. The maximum Gasteiger partial charge on any atom is 0.119 e. The maximum absolute atomic E-state index is 5.86. The maximum atomic E-state index is 5.86. The van der Waals surface area contributed by atoms with E-state index >= 15 is 0 Å². The van der Waals surface area contributed by atoms with Crippen LogP contribution in [0.2, 0.25) is 0 Å². The molecule has 0 aliphatic heterocycles. The molecule has 0 saturated heterocycles. The van der Waals surface area contributed by atoms with Gasteiger partial charge in [-0.15, -0.1) is 0 Å². The van der Waals surface area contributed by atoms with Crippen LogP contribution >= 0.6 is 0 Å². The average molecular weight is 290 g/mol. The molecular weight excluding hydrogens is 260 g/mol. The Morgan fingerprint density at radius 3 is 2.52 bits per heavy atom. The number of nitrogens with zero attached hydrogens (tertiary/aromatic N) is 1. The van der Waals surface area contributed by atoms with Gasteiger partial charge in [0, 0.05) is 19.1 Å². The molecule has 0 atom stereocenters. The van der Waals surface area contributed by atoms with Crippen molar-refractivity contribution in [1.29, 1.82) is 0 Å². The molecular formula is C18H30N2O. The monoisotopic (exact) mass is 290 g/mol. The van der Waals surface area contributed by atoms with Gasteiger partial charge in [0.25, 0.3) is 0 Å². The van der Waals surface area contributed by atoms with E-state index in [0.717, 1.165) is 38.0 Å². The van der Waals surface area contributed by atoms with Crippen LogP contribution < -0.4 is 10.1 Å². The lowest BCUT2D eigenvalue weighted by Crippen LogP contribution is -2.36. The van der Waals surface area contributed by atoms with E-state index in [4.69, 9.17) is 4.74 Å². The number of benzene rings is 1. The molecule has 0 heterocycles. The van der Waals surface area contributed by atoms with Gasteiger partial charge in [0.1, 0.15) is 12.4 Å². The number of nitrogens with one attached hydrogen (secondary N) is 1. The zero-order valence-corrected chi connectivity index (χ0v) is 13.6. The SMILES string of the molecule is CCNCc1ccc(OCCN(C)C2CCCCC2)cc1. The Morgan fingerprint density at radius 2 is 1.86 bits per heavy atom. The molecule has 1 aromatic carbocycles. The van der Waals surface area contributed by atoms with Crippen LogP contribution in [0.4, 0.5) is 0 Å². The number of rotatable bonds is 8. The Labute approximate surface area is 129 Å². The first-order valence-corrected chi connectivity index (χ1v) is 8.42. The van der Waals surface area contributed by atoms with Crippen molar-refractivity contribution in [1.82, 2.24) is 10.2 Å². The molecule has 3 nitrogen and oxygen atoms in total. The fraction of sp³-hybridized carbons (Fsp3) is 0.667. The Kier molecular flexibility index (Phi) is 7.04. The predicted molar refractivity (Wildman–Crippen MR) is 88.8 cm³/mol. The van der Waals surface area contributed by atoms with Crippen molar-refractivity contribution in [3.63, 3.8) is 0 Å². The predicted octanol–water partition coefficient (Wildman–Crippen LogP) is 3.44. The zero-order valence-electron chi connectivity index (χ0n) is 13.6. The van der Waals surface area contributed by atoms with E-state index in [2.05, 4.69) is 48.5 Å². The van der Waals surface area contributed by atoms with Crippen molar-refractivity contribution in [3.05, 3.63) is 29.8 Å². The van der Waals surface area contributed by atoms with Gasteiger partial charge in [-0.05, 0) is 44.1 Å². The van der Waals surface area contributed by atoms with Crippen LogP contribution in [0.1, 0.15) is 44.6 Å². The fourth-order valence-electron chi connectivity index (χ4n) is 2.98. The van der Waals surface area contributed by atoms with Gasteiger partial charge in [0.2, 0.25) is 0 Å². The van der Waals surface area contributed by atoms with Crippen LogP contribution in [0.15, 0.2) is 24.3 Å². The molecule has 0 spiro atoms. The van der Waals surface area contributed by atoms with E-state index in [9.17, 15) is 0 Å². The van der Waals surface area contributed by atoms with Crippen LogP contribution in [0.5, 0.6) is 5.75 Å². The highest BCUT2D eigenvalue weighted by atomic mass is 16.5. The third kappa shape index (κ3) is 5.68. The minimum atomic E-state index is 0.768. The zero-order chi connectivity index (χ0) is 14.9. The topological polar surface area (TPSA) is 24.5 Å². The second-order valence-corrected chi connectivity index (χ2v) is 6.05. The van der Waals surface area contributed by atoms with Crippen molar-refractivity contribution in [2.24, 2.45) is 0 Å². The number of likely N-dealkylation sites (N-methyl/N-ethyl adjacent to an activating group) is 1. The summed E-state index contributed by atoms with van der Waals surface area (Å²) in [5.41, 5.74) is 1.31. The third-order valence-corrected chi connectivity index (χ3v) is 4.41. The lowest BCUT2D eigenvalue weighted by molar-refractivity contribution is 0.160. The lowest BCUT2D eigenvalue weighted by atomic mass is 9.94. The summed E-state index contributed by atoms with van der Waals surface area (Å²) in [4.78, 5) is 2.47. The molecule has 0 aromatic heterocycles. The van der Waals surface area contributed by atoms with Gasteiger partial charge in [-0.25, -0.2) is 0 Å². The summed E-state index contributed by atoms with van der Waals surface area (Å²) in [6.07, 6.45) is 6.91. The molecule has 1 aromatic rings. The normalized spacial score (nSPS) is 16.3. The van der Waals surface area contributed by atoms with Gasteiger partial charge in [-0.1, -0.05) is 38.3 Å². The molecule has 21 heavy (non-hydrogen) atoms. The molecule has 1 fully saturated rings. The van der Waals surface area contributed by atoms with Crippen molar-refractivity contribution in [2.75, 3.05) is 26.7 Å². The summed E-state index contributed by atoms with van der Waals surface area (Å²) < 4.78 is 5.86. The highest BCUT2D eigenvalue weighted by Crippen LogP contribution is 2.21. The quantitative estimate of drug-likeness (QED) is 0.794. The van der Waals surface area contributed by atoms with Gasteiger partial charge in [-0.3, -0.25) is 0 Å². The van der Waals surface area contributed by atoms with Gasteiger partial charge in [-0.2, -0.15) is 0 Å². The fourth-order valence-corrected chi connectivity index (χ4v) is 2.98. The van der Waals surface area contributed by atoms with Crippen molar-refractivity contribution < 1.29 is 4.74 Å². The van der Waals surface area contributed by atoms with Crippen LogP contribution in [0, 0.1) is 0 Å². The smallest absolute Gasteiger partial charge is 0.119 e. The van der Waals surface area contributed by atoms with E-state index in [1.807, 2.05) is 0 Å². The summed E-state index contributed by atoms with van der Waals surface area (Å²) in [6, 6.07) is 9.21. The highest BCUT2D eigenvalue weighted by molar-refractivity contribution is 5.27. The van der Waals surface area contributed by atoms with Gasteiger partial charge in [0.05, 0.1) is 0 Å². The summed E-state index contributed by atoms with van der Waals surface area (Å²) in [5, 5.41) is 3.33. The highest BCUT2D eigenvalue weighted by Gasteiger charge is 2.17. The van der Waals surface area contributed by atoms with Crippen LogP contribution in [0.25, 0.3) is 0 Å². The van der Waals surface area contributed by atoms with E-state index in [1.165, 1.54) is 37.7 Å². The van der Waals surface area contributed by atoms with E-state index < -0.39 is 0 Å². The van der Waals surface area contributed by atoms with Gasteiger partial charge in [0.15, 0.2) is 0 Å². The first-order chi connectivity index (χ1) is 10.3. The first-order valence-electron chi connectivity index (χ1n) is 8.42. The molecule has 1 aliphatic carbocycles. The minimum Gasteiger partial charge on any atom is -0.492 e. The molecule has 0 bridgehead atoms. The minimum absolute atomic E-state index is 0.768. The molecule has 2 rings (SSSR count). The van der Waals surface area contributed by atoms with Crippen molar-refractivity contribution in [2.45, 2.75) is 51.6 Å². The van der Waals surface area contributed by atoms with Crippen molar-refractivity contribution >= 4 is 0 Å². The third-order valence-electron chi connectivity index (χ3n) is 4.41. The van der Waals surface area contributed by atoms with E-state index in [1.54, 1.807) is 0 Å². The average Bonchev–Trinajstić information content (AvgIpc) is 2.55. The molecule has 1 saturated carbocycles. The summed E-state index contributed by atoms with van der Waals surface area (Å²) in [5.74, 6) is 0.979. The Bertz CT molecular complexity index is 385. The molecule has 118 valence electrons. The lowest BCUT2D eigenvalue weighted by Gasteiger charge is -2.31. The molecule has 0 radical (unpaired) electrons. The molecule has 1 aliphatic rings. The van der Waals surface area contributed by atoms with Crippen LogP contribution in [-0.2, 0) is 6.54 Å². The van der Waals surface area contributed by atoms with Gasteiger partial charge >= 0.3 is 0 Å².